The summed E-state index contributed by atoms with van der Waals surface area (Å²) in [4.78, 5) is 11.9. The molecule has 1 heterocycles. The van der Waals surface area contributed by atoms with E-state index in [1.165, 1.54) is 18.2 Å². The van der Waals surface area contributed by atoms with Crippen molar-refractivity contribution in [1.82, 2.24) is 5.16 Å². The average Bonchev–Trinajstić information content (AvgIpc) is 2.83. The van der Waals surface area contributed by atoms with Crippen molar-refractivity contribution in [2.45, 2.75) is 6.92 Å². The molecule has 1 amide bonds. The summed E-state index contributed by atoms with van der Waals surface area (Å²) in [5.41, 5.74) is 0.867. The lowest BCUT2D eigenvalue weighted by Gasteiger charge is -2.03. The maximum Gasteiger partial charge on any atom is 0.261 e. The summed E-state index contributed by atoms with van der Waals surface area (Å²) in [7, 11) is 0. The summed E-state index contributed by atoms with van der Waals surface area (Å²) in [5, 5.41) is 14.6. The Hall–Kier alpha value is -2.65. The number of nitrogens with one attached hydrogen (secondary N) is 1. The van der Waals surface area contributed by atoms with E-state index in [4.69, 9.17) is 9.63 Å². The Kier molecular flexibility index (Phi) is 4.13. The average molecular weight is 274 g/mol. The maximum absolute atomic E-state index is 13.6. The number of nitrogens with zero attached hydrogens (tertiary/aromatic N) is 1. The van der Waals surface area contributed by atoms with Gasteiger partial charge in [-0.2, -0.15) is 0 Å². The van der Waals surface area contributed by atoms with E-state index in [0.717, 1.165) is 6.07 Å². The zero-order valence-electron chi connectivity index (χ0n) is 10.6. The van der Waals surface area contributed by atoms with Gasteiger partial charge in [0.1, 0.15) is 12.4 Å². The van der Waals surface area contributed by atoms with E-state index in [1.54, 1.807) is 6.92 Å². The minimum Gasteiger partial charge on any atom is -0.384 e. The van der Waals surface area contributed by atoms with Crippen molar-refractivity contribution in [3.8, 4) is 11.8 Å². The normalized spacial score (nSPS) is 9.75. The van der Waals surface area contributed by atoms with Crippen molar-refractivity contribution in [3.63, 3.8) is 0 Å². The highest BCUT2D eigenvalue weighted by atomic mass is 19.1. The van der Waals surface area contributed by atoms with Gasteiger partial charge >= 0.3 is 0 Å². The molecular formula is C14H11FN2O3. The van der Waals surface area contributed by atoms with Gasteiger partial charge in [0.05, 0.1) is 11.3 Å². The van der Waals surface area contributed by atoms with Gasteiger partial charge < -0.3 is 9.63 Å². The van der Waals surface area contributed by atoms with Crippen LogP contribution in [-0.4, -0.2) is 22.8 Å². The molecule has 6 heteroatoms. The second-order valence-corrected chi connectivity index (χ2v) is 3.94. The molecule has 1 aromatic heterocycles. The summed E-state index contributed by atoms with van der Waals surface area (Å²) < 4.78 is 18.5. The van der Waals surface area contributed by atoms with Gasteiger partial charge in [0.2, 0.25) is 5.88 Å². The molecule has 2 rings (SSSR count). The third kappa shape index (κ3) is 3.22. The van der Waals surface area contributed by atoms with Gasteiger partial charge in [-0.15, -0.1) is 0 Å². The van der Waals surface area contributed by atoms with Crippen LogP contribution >= 0.6 is 0 Å². The van der Waals surface area contributed by atoms with E-state index in [1.807, 2.05) is 0 Å². The second kappa shape index (κ2) is 5.99. The highest BCUT2D eigenvalue weighted by molar-refractivity contribution is 6.03. The summed E-state index contributed by atoms with van der Waals surface area (Å²) in [6.07, 6.45) is 0. The number of rotatable bonds is 2. The summed E-state index contributed by atoms with van der Waals surface area (Å²) in [6.45, 7) is 1.39. The molecule has 0 radical (unpaired) electrons. The van der Waals surface area contributed by atoms with Crippen molar-refractivity contribution in [1.29, 1.82) is 0 Å². The standard InChI is InChI=1S/C14H11FN2O3/c1-9-7-13(20-17-9)16-14(19)11-8-10(3-2-6-18)4-5-12(11)15/h4-5,7-8,18H,6H2,1H3,(H,16,19). The molecular weight excluding hydrogens is 263 g/mol. The van der Waals surface area contributed by atoms with Gasteiger partial charge in [0.15, 0.2) is 0 Å². The highest BCUT2D eigenvalue weighted by Crippen LogP contribution is 2.14. The van der Waals surface area contributed by atoms with Gasteiger partial charge in [-0.3, -0.25) is 10.1 Å². The molecule has 0 fully saturated rings. The molecule has 2 aromatic rings. The Morgan fingerprint density at radius 1 is 1.50 bits per heavy atom. The number of aliphatic hydroxyl groups excluding tert-OH is 1. The van der Waals surface area contributed by atoms with Crippen LogP contribution in [-0.2, 0) is 0 Å². The zero-order chi connectivity index (χ0) is 14.5. The lowest BCUT2D eigenvalue weighted by molar-refractivity contribution is 0.102. The fourth-order valence-corrected chi connectivity index (χ4v) is 1.52. The van der Waals surface area contributed by atoms with Crippen LogP contribution in [0, 0.1) is 24.6 Å². The van der Waals surface area contributed by atoms with Gasteiger partial charge in [0, 0.05) is 11.6 Å². The fourth-order valence-electron chi connectivity index (χ4n) is 1.52. The van der Waals surface area contributed by atoms with Gasteiger partial charge in [-0.05, 0) is 25.1 Å². The molecule has 0 aliphatic heterocycles. The molecule has 20 heavy (non-hydrogen) atoms. The minimum absolute atomic E-state index is 0.138. The first kappa shape index (κ1) is 13.8. The smallest absolute Gasteiger partial charge is 0.261 e. The van der Waals surface area contributed by atoms with E-state index >= 15 is 0 Å². The molecule has 0 bridgehead atoms. The number of anilines is 1. The predicted molar refractivity (Wildman–Crippen MR) is 69.6 cm³/mol. The van der Waals surface area contributed by atoms with E-state index in [0.29, 0.717) is 11.3 Å². The van der Waals surface area contributed by atoms with Crippen LogP contribution in [0.5, 0.6) is 0 Å². The lowest BCUT2D eigenvalue weighted by atomic mass is 10.1. The molecule has 1 aromatic carbocycles. The maximum atomic E-state index is 13.6. The fraction of sp³-hybridized carbons (Fsp3) is 0.143. The Bertz CT molecular complexity index is 698. The highest BCUT2D eigenvalue weighted by Gasteiger charge is 2.14. The number of carbonyl (C=O) groups excluding carboxylic acids is 1. The van der Waals surface area contributed by atoms with Crippen LogP contribution in [0.4, 0.5) is 10.3 Å². The molecule has 5 nitrogen and oxygen atoms in total. The number of aliphatic hydroxyl groups is 1. The van der Waals surface area contributed by atoms with Crippen molar-refractivity contribution in [2.24, 2.45) is 0 Å². The molecule has 0 aliphatic rings. The first-order valence-corrected chi connectivity index (χ1v) is 5.74. The van der Waals surface area contributed by atoms with Crippen molar-refractivity contribution >= 4 is 11.8 Å². The van der Waals surface area contributed by atoms with E-state index in [9.17, 15) is 9.18 Å². The number of aryl methyl sites for hydroxylation is 1. The third-order valence-corrected chi connectivity index (χ3v) is 2.39. The zero-order valence-corrected chi connectivity index (χ0v) is 10.6. The van der Waals surface area contributed by atoms with E-state index < -0.39 is 11.7 Å². The lowest BCUT2D eigenvalue weighted by Crippen LogP contribution is -2.13. The molecule has 102 valence electrons. The Labute approximate surface area is 114 Å². The van der Waals surface area contributed by atoms with Crippen molar-refractivity contribution < 1.29 is 18.8 Å². The summed E-state index contributed by atoms with van der Waals surface area (Å²) in [5.74, 6) is 3.83. The Balaban J connectivity index is 2.24. The molecule has 0 spiro atoms. The van der Waals surface area contributed by atoms with Gasteiger partial charge in [-0.25, -0.2) is 4.39 Å². The van der Waals surface area contributed by atoms with Crippen LogP contribution in [0.15, 0.2) is 28.8 Å². The quantitative estimate of drug-likeness (QED) is 0.818. The largest absolute Gasteiger partial charge is 0.384 e. The van der Waals surface area contributed by atoms with Gasteiger partial charge in [-0.1, -0.05) is 17.0 Å². The molecule has 2 N–H and O–H groups in total. The second-order valence-electron chi connectivity index (χ2n) is 3.94. The molecule has 0 unspecified atom stereocenters. The number of amides is 1. The number of halogens is 1. The SMILES string of the molecule is Cc1cc(NC(=O)c2cc(C#CCO)ccc2F)on1. The number of hydrogen-bond donors (Lipinski definition) is 2. The minimum atomic E-state index is -0.673. The van der Waals surface area contributed by atoms with Crippen LogP contribution < -0.4 is 5.32 Å². The Morgan fingerprint density at radius 2 is 2.30 bits per heavy atom. The predicted octanol–water partition coefficient (Wildman–Crippen LogP) is 1.72. The van der Waals surface area contributed by atoms with E-state index in [2.05, 4.69) is 22.3 Å². The van der Waals surface area contributed by atoms with Crippen LogP contribution in [0.25, 0.3) is 0 Å². The van der Waals surface area contributed by atoms with E-state index in [-0.39, 0.29) is 18.1 Å². The number of hydrogen-bond acceptors (Lipinski definition) is 4. The van der Waals surface area contributed by atoms with Crippen molar-refractivity contribution in [3.05, 3.63) is 46.9 Å². The first-order chi connectivity index (χ1) is 9.60. The molecule has 0 aliphatic carbocycles. The van der Waals surface area contributed by atoms with Crippen molar-refractivity contribution in [2.75, 3.05) is 11.9 Å². The summed E-state index contributed by atoms with van der Waals surface area (Å²) >= 11 is 0. The monoisotopic (exact) mass is 274 g/mol. The molecule has 0 saturated carbocycles. The topological polar surface area (TPSA) is 75.4 Å². The molecule has 0 atom stereocenters. The van der Waals surface area contributed by atoms with Crippen LogP contribution in [0.2, 0.25) is 0 Å². The number of benzene rings is 1. The number of carbonyl (C=O) groups is 1. The third-order valence-electron chi connectivity index (χ3n) is 2.39. The Morgan fingerprint density at radius 3 is 2.95 bits per heavy atom. The molecule has 0 saturated heterocycles. The van der Waals surface area contributed by atoms with Crippen LogP contribution in [0.3, 0.4) is 0 Å². The van der Waals surface area contributed by atoms with Crippen LogP contribution in [0.1, 0.15) is 21.6 Å². The summed E-state index contributed by atoms with van der Waals surface area (Å²) in [6, 6.07) is 5.39. The number of aromatic nitrogens is 1. The first-order valence-electron chi connectivity index (χ1n) is 5.74. The van der Waals surface area contributed by atoms with Gasteiger partial charge in [0.25, 0.3) is 5.91 Å².